The van der Waals surface area contributed by atoms with Crippen LogP contribution in [0.1, 0.15) is 43.0 Å². The maximum atomic E-state index is 13.2. The third-order valence-electron chi connectivity index (χ3n) is 6.36. The van der Waals surface area contributed by atoms with E-state index in [4.69, 9.17) is 4.74 Å². The van der Waals surface area contributed by atoms with E-state index in [9.17, 15) is 14.4 Å². The van der Waals surface area contributed by atoms with Crippen LogP contribution in [-0.4, -0.2) is 47.8 Å². The summed E-state index contributed by atoms with van der Waals surface area (Å²) < 4.78 is 5.17. The van der Waals surface area contributed by atoms with Gasteiger partial charge in [-0.05, 0) is 48.6 Å². The molecule has 7 nitrogen and oxygen atoms in total. The highest BCUT2D eigenvalue weighted by Crippen LogP contribution is 2.33. The number of nitrogens with one attached hydrogen (secondary N) is 1. The van der Waals surface area contributed by atoms with E-state index >= 15 is 0 Å². The Kier molecular flexibility index (Phi) is 5.43. The fourth-order valence-corrected chi connectivity index (χ4v) is 4.58. The van der Waals surface area contributed by atoms with Crippen LogP contribution in [0.4, 0.5) is 4.79 Å². The van der Waals surface area contributed by atoms with Gasteiger partial charge in [0.15, 0.2) is 0 Å². The maximum Gasteiger partial charge on any atom is 0.325 e. The maximum absolute atomic E-state index is 13.2. The van der Waals surface area contributed by atoms with Crippen LogP contribution in [0.2, 0.25) is 0 Å². The summed E-state index contributed by atoms with van der Waals surface area (Å²) in [5.74, 6) is 0.0115. The summed E-state index contributed by atoms with van der Waals surface area (Å²) in [6.45, 7) is 4.01. The number of carbonyl (C=O) groups is 3. The lowest BCUT2D eigenvalue weighted by Crippen LogP contribution is -2.47. The molecule has 0 saturated carbocycles. The van der Waals surface area contributed by atoms with Crippen molar-refractivity contribution < 1.29 is 19.1 Å². The molecular formula is C24H27N3O4. The fourth-order valence-electron chi connectivity index (χ4n) is 4.58. The van der Waals surface area contributed by atoms with Gasteiger partial charge in [-0.15, -0.1) is 0 Å². The molecule has 4 amide bonds. The van der Waals surface area contributed by atoms with Crippen molar-refractivity contribution in [3.8, 4) is 5.75 Å². The first-order chi connectivity index (χ1) is 14.9. The molecule has 2 aromatic carbocycles. The Hall–Kier alpha value is -3.35. The van der Waals surface area contributed by atoms with E-state index < -0.39 is 17.5 Å². The van der Waals surface area contributed by atoms with Crippen molar-refractivity contribution in [3.05, 3.63) is 65.2 Å². The van der Waals surface area contributed by atoms with Crippen molar-refractivity contribution >= 4 is 17.8 Å². The number of rotatable bonds is 5. The number of fused-ring (bicyclic) bond motifs is 1. The molecule has 7 heteroatoms. The van der Waals surface area contributed by atoms with Gasteiger partial charge in [-0.1, -0.05) is 43.3 Å². The molecule has 1 saturated heterocycles. The third kappa shape index (κ3) is 3.54. The molecule has 2 aliphatic heterocycles. The van der Waals surface area contributed by atoms with Crippen LogP contribution in [0.3, 0.4) is 0 Å². The minimum atomic E-state index is -1.22. The number of nitrogens with zero attached hydrogens (tertiary/aromatic N) is 2. The molecule has 162 valence electrons. The molecule has 2 atom stereocenters. The minimum Gasteiger partial charge on any atom is -0.497 e. The van der Waals surface area contributed by atoms with E-state index in [0.717, 1.165) is 23.3 Å². The number of methoxy groups -OCH3 is 1. The molecule has 0 aromatic heterocycles. The summed E-state index contributed by atoms with van der Waals surface area (Å²) in [6, 6.07) is 14.5. The van der Waals surface area contributed by atoms with Gasteiger partial charge in [0.05, 0.1) is 13.2 Å². The number of ether oxygens (including phenoxy) is 1. The zero-order valence-corrected chi connectivity index (χ0v) is 18.1. The first kappa shape index (κ1) is 20.9. The van der Waals surface area contributed by atoms with Gasteiger partial charge in [-0.3, -0.25) is 14.5 Å². The highest BCUT2D eigenvalue weighted by Gasteiger charge is 2.50. The highest BCUT2D eigenvalue weighted by molar-refractivity contribution is 6.09. The number of hydrogen-bond donors (Lipinski definition) is 1. The smallest absolute Gasteiger partial charge is 0.325 e. The SMILES string of the molecule is CC[C@H]1c2ccccc2CCN1C(=O)CN1C(=O)N[C@@](C)(c2ccc(OC)cc2)C1=O. The highest BCUT2D eigenvalue weighted by atomic mass is 16.5. The Morgan fingerprint density at radius 1 is 1.16 bits per heavy atom. The second-order valence-electron chi connectivity index (χ2n) is 8.13. The topological polar surface area (TPSA) is 79.0 Å². The van der Waals surface area contributed by atoms with Crippen molar-refractivity contribution in [1.29, 1.82) is 0 Å². The van der Waals surface area contributed by atoms with Crippen molar-refractivity contribution in [2.75, 3.05) is 20.2 Å². The Morgan fingerprint density at radius 3 is 2.55 bits per heavy atom. The first-order valence-electron chi connectivity index (χ1n) is 10.5. The molecule has 0 spiro atoms. The number of carbonyl (C=O) groups excluding carboxylic acids is 3. The van der Waals surface area contributed by atoms with Gasteiger partial charge in [0.2, 0.25) is 5.91 Å². The normalized spacial score (nSPS) is 22.9. The Balaban J connectivity index is 1.53. The van der Waals surface area contributed by atoms with Gasteiger partial charge in [-0.25, -0.2) is 4.79 Å². The lowest BCUT2D eigenvalue weighted by molar-refractivity contribution is -0.140. The summed E-state index contributed by atoms with van der Waals surface area (Å²) >= 11 is 0. The monoisotopic (exact) mass is 421 g/mol. The average molecular weight is 421 g/mol. The number of benzene rings is 2. The zero-order chi connectivity index (χ0) is 22.2. The largest absolute Gasteiger partial charge is 0.497 e. The summed E-state index contributed by atoms with van der Waals surface area (Å²) in [7, 11) is 1.56. The second-order valence-corrected chi connectivity index (χ2v) is 8.13. The molecular weight excluding hydrogens is 394 g/mol. The number of amides is 4. The molecule has 2 heterocycles. The summed E-state index contributed by atoms with van der Waals surface area (Å²) in [5, 5.41) is 2.76. The van der Waals surface area contributed by atoms with E-state index in [0.29, 0.717) is 17.9 Å². The van der Waals surface area contributed by atoms with Gasteiger partial charge < -0.3 is 15.0 Å². The molecule has 2 aromatic rings. The van der Waals surface area contributed by atoms with Crippen LogP contribution in [-0.2, 0) is 21.5 Å². The Labute approximate surface area is 182 Å². The van der Waals surface area contributed by atoms with Gasteiger partial charge in [0.1, 0.15) is 17.8 Å². The predicted molar refractivity (Wildman–Crippen MR) is 115 cm³/mol. The van der Waals surface area contributed by atoms with Gasteiger partial charge in [0, 0.05) is 6.54 Å². The first-order valence-corrected chi connectivity index (χ1v) is 10.5. The van der Waals surface area contributed by atoms with Crippen molar-refractivity contribution in [1.82, 2.24) is 15.1 Å². The van der Waals surface area contributed by atoms with E-state index in [2.05, 4.69) is 17.4 Å². The van der Waals surface area contributed by atoms with Crippen LogP contribution in [0.5, 0.6) is 5.75 Å². The van der Waals surface area contributed by atoms with E-state index in [1.54, 1.807) is 43.2 Å². The van der Waals surface area contributed by atoms with Crippen LogP contribution in [0.25, 0.3) is 0 Å². The fraction of sp³-hybridized carbons (Fsp3) is 0.375. The van der Waals surface area contributed by atoms with E-state index in [1.165, 1.54) is 5.56 Å². The second kappa shape index (κ2) is 8.06. The van der Waals surface area contributed by atoms with Gasteiger partial charge in [-0.2, -0.15) is 0 Å². The van der Waals surface area contributed by atoms with Crippen LogP contribution in [0.15, 0.2) is 48.5 Å². The summed E-state index contributed by atoms with van der Waals surface area (Å²) in [6.07, 6.45) is 1.54. The number of urea groups is 1. The summed E-state index contributed by atoms with van der Waals surface area (Å²) in [5.41, 5.74) is 1.81. The van der Waals surface area contributed by atoms with Gasteiger partial charge >= 0.3 is 6.03 Å². The van der Waals surface area contributed by atoms with Crippen molar-refractivity contribution in [2.24, 2.45) is 0 Å². The molecule has 0 radical (unpaired) electrons. The third-order valence-corrected chi connectivity index (χ3v) is 6.36. The lowest BCUT2D eigenvalue weighted by Gasteiger charge is -2.37. The molecule has 1 N–H and O–H groups in total. The Morgan fingerprint density at radius 2 is 1.87 bits per heavy atom. The molecule has 2 aliphatic rings. The van der Waals surface area contributed by atoms with Crippen molar-refractivity contribution in [3.63, 3.8) is 0 Å². The predicted octanol–water partition coefficient (Wildman–Crippen LogP) is 3.00. The minimum absolute atomic E-state index is 0.0498. The lowest BCUT2D eigenvalue weighted by atomic mass is 9.91. The molecule has 4 rings (SSSR count). The average Bonchev–Trinajstić information content (AvgIpc) is 3.02. The zero-order valence-electron chi connectivity index (χ0n) is 18.1. The molecule has 1 fully saturated rings. The van der Waals surface area contributed by atoms with Crippen LogP contribution in [0, 0.1) is 0 Å². The molecule has 31 heavy (non-hydrogen) atoms. The van der Waals surface area contributed by atoms with Crippen LogP contribution < -0.4 is 10.1 Å². The standard InChI is InChI=1S/C24H27N3O4/c1-4-20-19-8-6-5-7-16(19)13-14-26(20)21(28)15-27-22(29)24(2,25-23(27)30)17-9-11-18(31-3)12-10-17/h5-12,20H,4,13-15H2,1-3H3,(H,25,30)/t20-,24-/m0/s1. The number of imide groups is 1. The quantitative estimate of drug-likeness (QED) is 0.753. The van der Waals surface area contributed by atoms with Crippen molar-refractivity contribution in [2.45, 2.75) is 38.3 Å². The van der Waals surface area contributed by atoms with Crippen LogP contribution >= 0.6 is 0 Å². The molecule has 0 unspecified atom stereocenters. The summed E-state index contributed by atoms with van der Waals surface area (Å²) in [4.78, 5) is 41.9. The molecule has 0 aliphatic carbocycles. The Bertz CT molecular complexity index is 1020. The molecule has 0 bridgehead atoms. The van der Waals surface area contributed by atoms with Gasteiger partial charge in [0.25, 0.3) is 5.91 Å². The van der Waals surface area contributed by atoms with E-state index in [-0.39, 0.29) is 18.5 Å². The number of hydrogen-bond acceptors (Lipinski definition) is 4. The van der Waals surface area contributed by atoms with E-state index in [1.807, 2.05) is 19.1 Å².